The molecule has 4 heteroatoms. The number of aliphatic imine (C=N–C) groups is 1. The van der Waals surface area contributed by atoms with E-state index >= 15 is 0 Å². The molecule has 0 aromatic heterocycles. The van der Waals surface area contributed by atoms with Crippen LogP contribution in [-0.2, 0) is 4.74 Å². The van der Waals surface area contributed by atoms with Gasteiger partial charge in [0.15, 0.2) is 12.2 Å². The maximum atomic E-state index is 12.6. The van der Waals surface area contributed by atoms with E-state index in [0.717, 1.165) is 51.5 Å². The van der Waals surface area contributed by atoms with E-state index < -0.39 is 0 Å². The number of halogens is 1. The Morgan fingerprint density at radius 3 is 2.69 bits per heavy atom. The van der Waals surface area contributed by atoms with E-state index in [1.807, 2.05) is 55.5 Å². The Hall–Kier alpha value is -2.46. The van der Waals surface area contributed by atoms with Crippen molar-refractivity contribution in [2.45, 2.75) is 13.3 Å². The van der Waals surface area contributed by atoms with Crippen molar-refractivity contribution in [1.82, 2.24) is 0 Å². The van der Waals surface area contributed by atoms with Gasteiger partial charge in [-0.25, -0.2) is 0 Å². The van der Waals surface area contributed by atoms with Gasteiger partial charge in [0.25, 0.3) is 0 Å². The summed E-state index contributed by atoms with van der Waals surface area (Å²) in [5.74, 6) is 0.0703. The smallest absolute Gasteiger partial charge is 0.186 e. The van der Waals surface area contributed by atoms with Gasteiger partial charge in [-0.05, 0) is 47.4 Å². The second-order valence-corrected chi connectivity index (χ2v) is 6.98. The predicted octanol–water partition coefficient (Wildman–Crippen LogP) is 5.62. The molecule has 1 aliphatic heterocycles. The van der Waals surface area contributed by atoms with Crippen LogP contribution in [0.15, 0.2) is 81.3 Å². The minimum absolute atomic E-state index is 0.0703. The summed E-state index contributed by atoms with van der Waals surface area (Å²) >= 11 is 3.47. The lowest BCUT2D eigenvalue weighted by Crippen LogP contribution is -2.00. The topological polar surface area (TPSA) is 38.7 Å². The molecule has 0 atom stereocenters. The summed E-state index contributed by atoms with van der Waals surface area (Å²) in [5, 5.41) is 2.11. The van der Waals surface area contributed by atoms with Crippen molar-refractivity contribution in [3.05, 3.63) is 81.9 Å². The Labute approximate surface area is 161 Å². The van der Waals surface area contributed by atoms with Crippen molar-refractivity contribution in [1.29, 1.82) is 0 Å². The van der Waals surface area contributed by atoms with Gasteiger partial charge in [0.05, 0.1) is 6.54 Å². The summed E-state index contributed by atoms with van der Waals surface area (Å²) in [6.07, 6.45) is 8.17. The molecule has 4 rings (SSSR count). The predicted molar refractivity (Wildman–Crippen MR) is 111 cm³/mol. The van der Waals surface area contributed by atoms with Crippen molar-refractivity contribution in [3.8, 4) is 0 Å². The monoisotopic (exact) mass is 409 g/mol. The zero-order chi connectivity index (χ0) is 18.4. The molecule has 0 fully saturated rings. The number of nitrogens with zero attached hydrogens (tertiary/aromatic N) is 1. The average molecular weight is 410 g/mol. The highest BCUT2D eigenvalue weighted by atomic mass is 79.9. The molecule has 0 radical (unpaired) electrons. The first kappa shape index (κ1) is 18.3. The van der Waals surface area contributed by atoms with Crippen LogP contribution in [0.3, 0.4) is 0 Å². The molecule has 0 amide bonds. The Morgan fingerprint density at radius 2 is 2.00 bits per heavy atom. The van der Waals surface area contributed by atoms with Crippen LogP contribution in [0.25, 0.3) is 10.8 Å². The van der Waals surface area contributed by atoms with Gasteiger partial charge in [-0.15, -0.1) is 0 Å². The van der Waals surface area contributed by atoms with Crippen LogP contribution in [0.1, 0.15) is 23.7 Å². The minimum Gasteiger partial charge on any atom is -0.482 e. The molecule has 1 aliphatic carbocycles. The number of allylic oxidation sites excluding steroid dienone is 6. The van der Waals surface area contributed by atoms with Crippen molar-refractivity contribution in [2.24, 2.45) is 4.99 Å². The van der Waals surface area contributed by atoms with Crippen LogP contribution in [0.4, 0.5) is 0 Å². The molecule has 2 aromatic rings. The SMILES string of the molecule is C1=NCCO1.CC1=CC(Br)=CCC1=CC(=O)c1cccc2ccccc12. The van der Waals surface area contributed by atoms with Crippen molar-refractivity contribution >= 4 is 38.9 Å². The van der Waals surface area contributed by atoms with Gasteiger partial charge in [0.1, 0.15) is 6.61 Å². The summed E-state index contributed by atoms with van der Waals surface area (Å²) in [4.78, 5) is 16.4. The van der Waals surface area contributed by atoms with Gasteiger partial charge in [-0.3, -0.25) is 9.79 Å². The lowest BCUT2D eigenvalue weighted by molar-refractivity contribution is 0.104. The first-order valence-corrected chi connectivity index (χ1v) is 9.31. The Bertz CT molecular complexity index is 927. The fourth-order valence-corrected chi connectivity index (χ4v) is 3.34. The van der Waals surface area contributed by atoms with Crippen LogP contribution >= 0.6 is 15.9 Å². The van der Waals surface area contributed by atoms with E-state index in [2.05, 4.69) is 31.7 Å². The van der Waals surface area contributed by atoms with E-state index in [1.165, 1.54) is 6.40 Å². The molecular weight excluding hydrogens is 390 g/mol. The first-order chi connectivity index (χ1) is 12.6. The second kappa shape index (κ2) is 8.77. The number of hydrogen-bond acceptors (Lipinski definition) is 3. The highest BCUT2D eigenvalue weighted by Crippen LogP contribution is 2.27. The normalized spacial score (nSPS) is 17.2. The zero-order valence-electron chi connectivity index (χ0n) is 14.6. The molecule has 0 spiro atoms. The fraction of sp³-hybridized carbons (Fsp3) is 0.182. The molecule has 2 aliphatic rings. The molecule has 26 heavy (non-hydrogen) atoms. The highest BCUT2D eigenvalue weighted by Gasteiger charge is 2.11. The Kier molecular flexibility index (Phi) is 6.18. The summed E-state index contributed by atoms with van der Waals surface area (Å²) in [7, 11) is 0. The van der Waals surface area contributed by atoms with E-state index in [1.54, 1.807) is 6.08 Å². The maximum absolute atomic E-state index is 12.6. The average Bonchev–Trinajstić information content (AvgIpc) is 3.23. The molecule has 0 N–H and O–H groups in total. The quantitative estimate of drug-likeness (QED) is 0.476. The van der Waals surface area contributed by atoms with Gasteiger partial charge < -0.3 is 4.74 Å². The summed E-state index contributed by atoms with van der Waals surface area (Å²) < 4.78 is 5.73. The van der Waals surface area contributed by atoms with Crippen molar-refractivity contribution in [2.75, 3.05) is 13.2 Å². The van der Waals surface area contributed by atoms with Crippen molar-refractivity contribution in [3.63, 3.8) is 0 Å². The van der Waals surface area contributed by atoms with E-state index in [4.69, 9.17) is 0 Å². The summed E-state index contributed by atoms with van der Waals surface area (Å²) in [5.41, 5.74) is 2.98. The third-order valence-electron chi connectivity index (χ3n) is 4.23. The van der Waals surface area contributed by atoms with Gasteiger partial charge in [0.2, 0.25) is 0 Å². The zero-order valence-corrected chi connectivity index (χ0v) is 16.2. The maximum Gasteiger partial charge on any atom is 0.186 e. The number of fused-ring (bicyclic) bond motifs is 1. The van der Waals surface area contributed by atoms with Gasteiger partial charge in [-0.2, -0.15) is 0 Å². The molecule has 3 nitrogen and oxygen atoms in total. The largest absolute Gasteiger partial charge is 0.482 e. The van der Waals surface area contributed by atoms with Gasteiger partial charge in [0, 0.05) is 10.0 Å². The second-order valence-electron chi connectivity index (χ2n) is 6.06. The number of rotatable bonds is 2. The number of hydrogen-bond donors (Lipinski definition) is 0. The number of carbonyl (C=O) groups excluding carboxylic acids is 1. The Morgan fingerprint density at radius 1 is 1.19 bits per heavy atom. The first-order valence-electron chi connectivity index (χ1n) is 8.52. The number of benzene rings is 2. The van der Waals surface area contributed by atoms with Crippen LogP contribution in [-0.4, -0.2) is 25.3 Å². The molecule has 132 valence electrons. The molecule has 0 saturated heterocycles. The van der Waals surface area contributed by atoms with Crippen LogP contribution < -0.4 is 0 Å². The standard InChI is InChI=1S/C19H15BrO.C3H5NO/c1-13-11-16(20)10-9-15(13)12-19(21)18-8-4-6-14-5-2-3-7-17(14)18;1-2-5-3-4-1/h2-8,10-12H,9H2,1H3;3H,1-2H2. The third kappa shape index (κ3) is 4.58. The summed E-state index contributed by atoms with van der Waals surface area (Å²) in [6.45, 7) is 3.66. The minimum atomic E-state index is 0.0703. The highest BCUT2D eigenvalue weighted by molar-refractivity contribution is 9.11. The lowest BCUT2D eigenvalue weighted by Gasteiger charge is -2.11. The third-order valence-corrected chi connectivity index (χ3v) is 4.78. The van der Waals surface area contributed by atoms with Crippen LogP contribution in [0.5, 0.6) is 0 Å². The van der Waals surface area contributed by atoms with E-state index in [-0.39, 0.29) is 5.78 Å². The number of ether oxygens (including phenoxy) is 1. The lowest BCUT2D eigenvalue weighted by atomic mass is 9.95. The number of carbonyl (C=O) groups is 1. The molecule has 0 unspecified atom stereocenters. The van der Waals surface area contributed by atoms with Crippen molar-refractivity contribution < 1.29 is 9.53 Å². The van der Waals surface area contributed by atoms with Crippen LogP contribution in [0.2, 0.25) is 0 Å². The fourth-order valence-electron chi connectivity index (χ4n) is 2.84. The van der Waals surface area contributed by atoms with E-state index in [9.17, 15) is 4.79 Å². The molecule has 0 bridgehead atoms. The van der Waals surface area contributed by atoms with Gasteiger partial charge >= 0.3 is 0 Å². The summed E-state index contributed by atoms with van der Waals surface area (Å²) in [6, 6.07) is 13.9. The Balaban J connectivity index is 0.000000339. The number of ketones is 1. The molecule has 1 heterocycles. The van der Waals surface area contributed by atoms with E-state index in [0.29, 0.717) is 0 Å². The van der Waals surface area contributed by atoms with Gasteiger partial charge in [-0.1, -0.05) is 64.5 Å². The molecule has 2 aromatic carbocycles. The molecule has 0 saturated carbocycles. The van der Waals surface area contributed by atoms with Crippen LogP contribution in [0, 0.1) is 0 Å². The molecular formula is C22H20BrNO2.